The molecule has 1 N–H and O–H groups in total. The zero-order valence-corrected chi connectivity index (χ0v) is 12.8. The maximum Gasteiger partial charge on any atom is 0.0683 e. The summed E-state index contributed by atoms with van der Waals surface area (Å²) in [5.41, 5.74) is 2.36. The third-order valence-electron chi connectivity index (χ3n) is 2.82. The van der Waals surface area contributed by atoms with Crippen LogP contribution < -0.4 is 5.32 Å². The van der Waals surface area contributed by atoms with Crippen LogP contribution in [0.25, 0.3) is 0 Å². The molecule has 4 heteroatoms. The normalized spacial score (nSPS) is 12.7. The van der Waals surface area contributed by atoms with Crippen molar-refractivity contribution in [1.82, 2.24) is 5.32 Å². The molecule has 0 saturated carbocycles. The summed E-state index contributed by atoms with van der Waals surface area (Å²) < 4.78 is 1.14. The van der Waals surface area contributed by atoms with E-state index in [1.54, 1.807) is 11.3 Å². The van der Waals surface area contributed by atoms with Crippen LogP contribution in [0, 0.1) is 6.92 Å². The van der Waals surface area contributed by atoms with E-state index in [4.69, 9.17) is 11.6 Å². The van der Waals surface area contributed by atoms with Gasteiger partial charge in [-0.2, -0.15) is 0 Å². The molecule has 0 aliphatic heterocycles. The molecular weight excluding hydrogens is 318 g/mol. The molecule has 1 atom stereocenters. The summed E-state index contributed by atoms with van der Waals surface area (Å²) in [4.78, 5) is 1.28. The van der Waals surface area contributed by atoms with Crippen LogP contribution in [-0.4, -0.2) is 7.05 Å². The number of hydrogen-bond acceptors (Lipinski definition) is 2. The Labute approximate surface area is 119 Å². The first-order chi connectivity index (χ1) is 8.15. The predicted octanol–water partition coefficient (Wildman–Crippen LogP) is 4.78. The van der Waals surface area contributed by atoms with Crippen LogP contribution in [0.5, 0.6) is 0 Å². The molecule has 90 valence electrons. The van der Waals surface area contributed by atoms with E-state index in [1.807, 2.05) is 19.2 Å². The number of halogens is 2. The molecule has 1 unspecified atom stereocenters. The zero-order chi connectivity index (χ0) is 12.4. The van der Waals surface area contributed by atoms with Gasteiger partial charge >= 0.3 is 0 Å². The molecule has 1 aromatic carbocycles. The van der Waals surface area contributed by atoms with Crippen LogP contribution in [0.15, 0.2) is 34.1 Å². The molecule has 0 fully saturated rings. The van der Waals surface area contributed by atoms with Crippen LogP contribution in [0.2, 0.25) is 5.02 Å². The van der Waals surface area contributed by atoms with Gasteiger partial charge in [-0.05, 0) is 58.5 Å². The Hall–Kier alpha value is -0.350. The van der Waals surface area contributed by atoms with Gasteiger partial charge in [-0.25, -0.2) is 0 Å². The molecule has 0 aliphatic carbocycles. The summed E-state index contributed by atoms with van der Waals surface area (Å²) in [5.74, 6) is 0. The van der Waals surface area contributed by atoms with E-state index in [0.29, 0.717) is 0 Å². The first kappa shape index (κ1) is 13.1. The Balaban J connectivity index is 2.50. The topological polar surface area (TPSA) is 12.0 Å². The summed E-state index contributed by atoms with van der Waals surface area (Å²) in [7, 11) is 1.97. The molecule has 0 aliphatic rings. The molecule has 0 saturated heterocycles. The SMILES string of the molecule is CNC(c1cccc(Cl)c1C)c1sccc1Br. The van der Waals surface area contributed by atoms with Crippen molar-refractivity contribution in [2.24, 2.45) is 0 Å². The second kappa shape index (κ2) is 5.53. The summed E-state index contributed by atoms with van der Waals surface area (Å²) in [6.07, 6.45) is 0. The fourth-order valence-electron chi connectivity index (χ4n) is 1.88. The van der Waals surface area contributed by atoms with Gasteiger partial charge in [-0.15, -0.1) is 11.3 Å². The minimum atomic E-state index is 0.183. The second-order valence-corrected chi connectivity index (χ2v) is 6.02. The molecule has 17 heavy (non-hydrogen) atoms. The van der Waals surface area contributed by atoms with Crippen molar-refractivity contribution in [2.75, 3.05) is 7.05 Å². The second-order valence-electron chi connectivity index (χ2n) is 3.81. The van der Waals surface area contributed by atoms with E-state index in [9.17, 15) is 0 Å². The highest BCUT2D eigenvalue weighted by molar-refractivity contribution is 9.10. The van der Waals surface area contributed by atoms with Crippen molar-refractivity contribution < 1.29 is 0 Å². The van der Waals surface area contributed by atoms with Gasteiger partial charge in [0.25, 0.3) is 0 Å². The zero-order valence-electron chi connectivity index (χ0n) is 9.63. The summed E-state index contributed by atoms with van der Waals surface area (Å²) >= 11 is 11.5. The number of benzene rings is 1. The first-order valence-electron chi connectivity index (χ1n) is 5.30. The molecule has 0 bridgehead atoms. The van der Waals surface area contributed by atoms with Crippen molar-refractivity contribution in [1.29, 1.82) is 0 Å². The largest absolute Gasteiger partial charge is 0.309 e. The van der Waals surface area contributed by atoms with Gasteiger partial charge in [0.1, 0.15) is 0 Å². The highest BCUT2D eigenvalue weighted by Crippen LogP contribution is 2.35. The quantitative estimate of drug-likeness (QED) is 0.854. The van der Waals surface area contributed by atoms with Crippen LogP contribution >= 0.6 is 38.9 Å². The fraction of sp³-hybridized carbons (Fsp3) is 0.231. The van der Waals surface area contributed by atoms with Crippen molar-refractivity contribution in [2.45, 2.75) is 13.0 Å². The Morgan fingerprint density at radius 1 is 1.35 bits per heavy atom. The third kappa shape index (κ3) is 2.58. The standard InChI is InChI=1S/C13H13BrClNS/c1-8-9(4-3-5-11(8)15)12(16-2)13-10(14)6-7-17-13/h3-7,12,16H,1-2H3. The van der Waals surface area contributed by atoms with Crippen molar-refractivity contribution in [3.63, 3.8) is 0 Å². The summed E-state index contributed by atoms with van der Waals surface area (Å²) in [6, 6.07) is 8.30. The molecule has 0 radical (unpaired) electrons. The first-order valence-corrected chi connectivity index (χ1v) is 7.35. The van der Waals surface area contributed by atoms with E-state index >= 15 is 0 Å². The van der Waals surface area contributed by atoms with Gasteiger partial charge in [0.15, 0.2) is 0 Å². The van der Waals surface area contributed by atoms with Gasteiger partial charge in [-0.3, -0.25) is 0 Å². The maximum absolute atomic E-state index is 6.18. The van der Waals surface area contributed by atoms with Crippen LogP contribution in [-0.2, 0) is 0 Å². The molecule has 1 heterocycles. The van der Waals surface area contributed by atoms with E-state index in [0.717, 1.165) is 15.1 Å². The average molecular weight is 331 g/mol. The lowest BCUT2D eigenvalue weighted by Gasteiger charge is -2.19. The van der Waals surface area contributed by atoms with Crippen molar-refractivity contribution in [3.05, 3.63) is 55.1 Å². The Kier molecular flexibility index (Phi) is 4.26. The summed E-state index contributed by atoms with van der Waals surface area (Å²) in [6.45, 7) is 2.06. The molecule has 0 amide bonds. The Morgan fingerprint density at radius 2 is 2.12 bits per heavy atom. The number of thiophene rings is 1. The van der Waals surface area contributed by atoms with E-state index in [2.05, 4.69) is 45.7 Å². The molecule has 2 aromatic rings. The lowest BCUT2D eigenvalue weighted by Crippen LogP contribution is -2.18. The molecule has 2 rings (SSSR count). The summed E-state index contributed by atoms with van der Waals surface area (Å²) in [5, 5.41) is 6.25. The Bertz CT molecular complexity index is 524. The predicted molar refractivity (Wildman–Crippen MR) is 79.1 cm³/mol. The number of nitrogens with one attached hydrogen (secondary N) is 1. The van der Waals surface area contributed by atoms with E-state index < -0.39 is 0 Å². The van der Waals surface area contributed by atoms with Gasteiger partial charge < -0.3 is 5.32 Å². The van der Waals surface area contributed by atoms with Gasteiger partial charge in [-0.1, -0.05) is 23.7 Å². The van der Waals surface area contributed by atoms with E-state index in [1.165, 1.54) is 10.4 Å². The molecule has 0 spiro atoms. The third-order valence-corrected chi connectivity index (χ3v) is 5.16. The molecule has 1 nitrogen and oxygen atoms in total. The lowest BCUT2D eigenvalue weighted by atomic mass is 10.0. The minimum absolute atomic E-state index is 0.183. The van der Waals surface area contributed by atoms with Gasteiger partial charge in [0.2, 0.25) is 0 Å². The van der Waals surface area contributed by atoms with Crippen molar-refractivity contribution >= 4 is 38.9 Å². The van der Waals surface area contributed by atoms with Crippen molar-refractivity contribution in [3.8, 4) is 0 Å². The Morgan fingerprint density at radius 3 is 2.71 bits per heavy atom. The van der Waals surface area contributed by atoms with Crippen LogP contribution in [0.4, 0.5) is 0 Å². The fourth-order valence-corrected chi connectivity index (χ4v) is 3.79. The molecule has 1 aromatic heterocycles. The highest BCUT2D eigenvalue weighted by Gasteiger charge is 2.18. The highest BCUT2D eigenvalue weighted by atomic mass is 79.9. The maximum atomic E-state index is 6.18. The minimum Gasteiger partial charge on any atom is -0.309 e. The van der Waals surface area contributed by atoms with Gasteiger partial charge in [0, 0.05) is 14.4 Å². The number of rotatable bonds is 3. The number of hydrogen-bond donors (Lipinski definition) is 1. The smallest absolute Gasteiger partial charge is 0.0683 e. The van der Waals surface area contributed by atoms with Crippen LogP contribution in [0.1, 0.15) is 22.0 Å². The van der Waals surface area contributed by atoms with Gasteiger partial charge in [0.05, 0.1) is 6.04 Å². The molecular formula is C13H13BrClNS. The van der Waals surface area contributed by atoms with Crippen LogP contribution in [0.3, 0.4) is 0 Å². The lowest BCUT2D eigenvalue weighted by molar-refractivity contribution is 0.697. The monoisotopic (exact) mass is 329 g/mol. The average Bonchev–Trinajstić information content (AvgIpc) is 2.72. The van der Waals surface area contributed by atoms with E-state index in [-0.39, 0.29) is 6.04 Å².